The zero-order valence-corrected chi connectivity index (χ0v) is 21.3. The van der Waals surface area contributed by atoms with Gasteiger partial charge in [-0.15, -0.1) is 0 Å². The molecule has 2 heterocycles. The Kier molecular flexibility index (Phi) is 6.56. The summed E-state index contributed by atoms with van der Waals surface area (Å²) >= 11 is 0. The van der Waals surface area contributed by atoms with E-state index in [4.69, 9.17) is 24.4 Å². The second-order valence-corrected chi connectivity index (χ2v) is 10.3. The number of likely N-dealkylation sites (N-methyl/N-ethyl adjacent to an activating group) is 1. The fourth-order valence-corrected chi connectivity index (χ4v) is 6.56. The number of carboxylic acid groups (broad SMARTS) is 2. The maximum atomic E-state index is 12.8. The van der Waals surface area contributed by atoms with Crippen molar-refractivity contribution in [3.63, 3.8) is 0 Å². The van der Waals surface area contributed by atoms with Gasteiger partial charge in [0.15, 0.2) is 23.7 Å². The highest BCUT2D eigenvalue weighted by atomic mass is 16.6. The monoisotopic (exact) mass is 547 g/mol. The first kappa shape index (κ1) is 26.9. The number of aliphatic hydroxyl groups is 2. The van der Waals surface area contributed by atoms with Crippen molar-refractivity contribution >= 4 is 23.9 Å². The van der Waals surface area contributed by atoms with Gasteiger partial charge in [0.25, 0.3) is 0 Å². The summed E-state index contributed by atoms with van der Waals surface area (Å²) < 4.78 is 22.0. The molecule has 0 amide bonds. The molecule has 4 N–H and O–H groups in total. The number of carbonyl (C=O) groups is 4. The molecule has 5 rings (SSSR count). The number of likely N-dealkylation sites (tertiary alicyclic amines) is 1. The fourth-order valence-electron chi connectivity index (χ4n) is 6.56. The van der Waals surface area contributed by atoms with Gasteiger partial charge in [-0.2, -0.15) is 0 Å². The number of hydrogen-bond donors (Lipinski definition) is 4. The summed E-state index contributed by atoms with van der Waals surface area (Å²) in [5.74, 6) is -4.68. The summed E-state index contributed by atoms with van der Waals surface area (Å²) in [6.45, 7) is 0.652. The second kappa shape index (κ2) is 9.50. The number of carboxylic acids is 2. The third-order valence-corrected chi connectivity index (χ3v) is 8.32. The molecule has 13 nitrogen and oxygen atoms in total. The van der Waals surface area contributed by atoms with E-state index < -0.39 is 66.0 Å². The van der Waals surface area contributed by atoms with Crippen molar-refractivity contribution in [2.45, 2.75) is 67.5 Å². The van der Waals surface area contributed by atoms with E-state index in [1.165, 1.54) is 7.11 Å². The van der Waals surface area contributed by atoms with E-state index >= 15 is 0 Å². The lowest BCUT2D eigenvalue weighted by molar-refractivity contribution is -0.175. The minimum Gasteiger partial charge on any atom is -0.493 e. The van der Waals surface area contributed by atoms with Crippen molar-refractivity contribution in [3.8, 4) is 11.5 Å². The van der Waals surface area contributed by atoms with E-state index in [0.29, 0.717) is 30.9 Å². The van der Waals surface area contributed by atoms with Crippen LogP contribution in [0.25, 0.3) is 0 Å². The van der Waals surface area contributed by atoms with Crippen LogP contribution in [0.5, 0.6) is 11.5 Å². The van der Waals surface area contributed by atoms with Gasteiger partial charge in [0.2, 0.25) is 6.10 Å². The molecule has 4 aliphatic rings. The number of benzene rings is 1. The van der Waals surface area contributed by atoms with Crippen LogP contribution in [0, 0.1) is 0 Å². The Balaban J connectivity index is 1.38. The van der Waals surface area contributed by atoms with Crippen LogP contribution in [0.2, 0.25) is 0 Å². The van der Waals surface area contributed by atoms with Crippen molar-refractivity contribution in [2.24, 2.45) is 0 Å². The van der Waals surface area contributed by atoms with Crippen LogP contribution in [0.4, 0.5) is 0 Å². The zero-order valence-electron chi connectivity index (χ0n) is 21.3. The SMILES string of the molecule is COc1ccc2c3c1O[C@H]1C(OC(=O)[C@@H](O)CC(=O)O[C@@H](CC(=O)O)C(=O)O)=CC[C@@]4(O)[C@H](C2)N(C)CC[C@]314. The number of hydrogen-bond acceptors (Lipinski definition) is 11. The van der Waals surface area contributed by atoms with Crippen molar-refractivity contribution in [3.05, 3.63) is 35.1 Å². The molecular weight excluding hydrogens is 518 g/mol. The smallest absolute Gasteiger partial charge is 0.345 e. The predicted octanol–water partition coefficient (Wildman–Crippen LogP) is -0.262. The molecule has 0 saturated carbocycles. The van der Waals surface area contributed by atoms with Crippen molar-refractivity contribution in [2.75, 3.05) is 20.7 Å². The second-order valence-electron chi connectivity index (χ2n) is 10.3. The molecule has 210 valence electrons. The van der Waals surface area contributed by atoms with Crippen molar-refractivity contribution in [1.29, 1.82) is 0 Å². The van der Waals surface area contributed by atoms with Gasteiger partial charge in [-0.25, -0.2) is 9.59 Å². The Bertz CT molecular complexity index is 1280. The number of carbonyl (C=O) groups excluding carboxylic acids is 2. The quantitative estimate of drug-likeness (QED) is 0.296. The van der Waals surface area contributed by atoms with Crippen molar-refractivity contribution < 1.29 is 58.6 Å². The minimum absolute atomic E-state index is 0.0702. The molecular formula is C26H29NO12. The summed E-state index contributed by atoms with van der Waals surface area (Å²) in [7, 11) is 3.46. The normalized spacial score (nSPS) is 29.7. The number of piperidine rings is 1. The van der Waals surface area contributed by atoms with Crippen LogP contribution in [-0.2, 0) is 40.5 Å². The molecule has 0 unspecified atom stereocenters. The standard InChI is InChI=1S/C26H29NO12/c1-27-8-7-25-20-12-3-4-14(36-2)21(20)39-22(25)15(5-6-26(25,35)17(27)9-12)38-24(34)13(28)10-19(31)37-16(23(32)33)11-18(29)30/h3-5,13,16-17,22,28,35H,6-11H2,1-2H3,(H,29,30)(H,32,33)/t13-,16-,17-,22-,25-,26+/m0/s1. The van der Waals surface area contributed by atoms with Gasteiger partial charge in [-0.1, -0.05) is 6.07 Å². The first-order valence-corrected chi connectivity index (χ1v) is 12.5. The highest BCUT2D eigenvalue weighted by Gasteiger charge is 2.72. The van der Waals surface area contributed by atoms with Crippen LogP contribution in [0.1, 0.15) is 36.8 Å². The largest absolute Gasteiger partial charge is 0.493 e. The van der Waals surface area contributed by atoms with E-state index in [-0.39, 0.29) is 18.2 Å². The summed E-state index contributed by atoms with van der Waals surface area (Å²) in [6.07, 6.45) is -4.06. The van der Waals surface area contributed by atoms with Crippen LogP contribution in [0.3, 0.4) is 0 Å². The molecule has 2 aliphatic heterocycles. The highest BCUT2D eigenvalue weighted by Crippen LogP contribution is 2.65. The molecule has 13 heteroatoms. The molecule has 2 aliphatic carbocycles. The third-order valence-electron chi connectivity index (χ3n) is 8.32. The predicted molar refractivity (Wildman–Crippen MR) is 128 cm³/mol. The summed E-state index contributed by atoms with van der Waals surface area (Å²) in [6, 6.07) is 3.53. The molecule has 39 heavy (non-hydrogen) atoms. The Hall–Kier alpha value is -3.68. The molecule has 0 aromatic heterocycles. The Morgan fingerprint density at radius 2 is 1.95 bits per heavy atom. The Labute approximate surface area is 222 Å². The van der Waals surface area contributed by atoms with Gasteiger partial charge in [-0.05, 0) is 44.1 Å². The van der Waals surface area contributed by atoms with Crippen LogP contribution in [-0.4, -0.2) is 99.9 Å². The first-order valence-electron chi connectivity index (χ1n) is 12.5. The number of aliphatic hydroxyl groups excluding tert-OH is 1. The summed E-state index contributed by atoms with van der Waals surface area (Å²) in [5.41, 5.74) is -0.354. The zero-order chi connectivity index (χ0) is 28.3. The van der Waals surface area contributed by atoms with Crippen LogP contribution in [0.15, 0.2) is 24.0 Å². The van der Waals surface area contributed by atoms with E-state index in [2.05, 4.69) is 9.64 Å². The highest BCUT2D eigenvalue weighted by molar-refractivity contribution is 5.85. The number of ether oxygens (including phenoxy) is 4. The number of methoxy groups -OCH3 is 1. The lowest BCUT2D eigenvalue weighted by atomic mass is 9.50. The van der Waals surface area contributed by atoms with Gasteiger partial charge < -0.3 is 44.3 Å². The lowest BCUT2D eigenvalue weighted by Gasteiger charge is -2.61. The average molecular weight is 548 g/mol. The number of nitrogens with zero attached hydrogens (tertiary/aromatic N) is 1. The molecule has 1 fully saturated rings. The number of aliphatic carboxylic acids is 2. The molecule has 1 saturated heterocycles. The van der Waals surface area contributed by atoms with Gasteiger partial charge in [0, 0.05) is 18.0 Å². The van der Waals surface area contributed by atoms with Gasteiger partial charge >= 0.3 is 23.9 Å². The maximum absolute atomic E-state index is 12.8. The van der Waals surface area contributed by atoms with Gasteiger partial charge in [-0.3, -0.25) is 9.59 Å². The van der Waals surface area contributed by atoms with Crippen LogP contribution < -0.4 is 9.47 Å². The lowest BCUT2D eigenvalue weighted by Crippen LogP contribution is -2.74. The summed E-state index contributed by atoms with van der Waals surface area (Å²) in [4.78, 5) is 49.0. The minimum atomic E-state index is -2.03. The molecule has 1 spiro atoms. The topological polar surface area (TPSA) is 189 Å². The summed E-state index contributed by atoms with van der Waals surface area (Å²) in [5, 5.41) is 40.3. The van der Waals surface area contributed by atoms with Gasteiger partial charge in [0.1, 0.15) is 5.76 Å². The first-order chi connectivity index (χ1) is 18.4. The third kappa shape index (κ3) is 4.03. The van der Waals surface area contributed by atoms with Crippen LogP contribution >= 0.6 is 0 Å². The average Bonchev–Trinajstić information content (AvgIpc) is 3.22. The molecule has 1 aromatic rings. The van der Waals surface area contributed by atoms with Crippen molar-refractivity contribution in [1.82, 2.24) is 4.90 Å². The molecule has 6 atom stereocenters. The number of rotatable bonds is 9. The van der Waals surface area contributed by atoms with Gasteiger partial charge in [0.05, 0.1) is 31.0 Å². The Morgan fingerprint density at radius 3 is 2.62 bits per heavy atom. The van der Waals surface area contributed by atoms with E-state index in [9.17, 15) is 29.4 Å². The molecule has 0 radical (unpaired) electrons. The molecule has 2 bridgehead atoms. The van der Waals surface area contributed by atoms with E-state index in [0.717, 1.165) is 11.1 Å². The van der Waals surface area contributed by atoms with E-state index in [1.54, 1.807) is 12.1 Å². The molecule has 1 aromatic carbocycles. The number of esters is 2. The Morgan fingerprint density at radius 1 is 1.21 bits per heavy atom. The fraction of sp³-hybridized carbons (Fsp3) is 0.538. The maximum Gasteiger partial charge on any atom is 0.345 e. The van der Waals surface area contributed by atoms with E-state index in [1.807, 2.05) is 13.1 Å².